The molecule has 1 aromatic carbocycles. The molecule has 8 heteroatoms. The molecule has 0 aromatic heterocycles. The van der Waals surface area contributed by atoms with E-state index in [2.05, 4.69) is 0 Å². The molecule has 3 amide bonds. The quantitative estimate of drug-likeness (QED) is 0.449. The molecule has 0 radical (unpaired) electrons. The Balaban J connectivity index is 1.71. The SMILES string of the molecule is CCOC(=O)[C@H]1CCCCN1C(=O)C[C@]1(c2ccccc2OC)CC(=O)N(C2CCCC2)C1=O. The predicted molar refractivity (Wildman–Crippen MR) is 124 cm³/mol. The topological polar surface area (TPSA) is 93.2 Å². The number of imide groups is 1. The van der Waals surface area contributed by atoms with Crippen LogP contribution >= 0.6 is 0 Å². The summed E-state index contributed by atoms with van der Waals surface area (Å²) >= 11 is 0. The lowest BCUT2D eigenvalue weighted by Gasteiger charge is -2.37. The van der Waals surface area contributed by atoms with Crippen LogP contribution in [0, 0.1) is 0 Å². The van der Waals surface area contributed by atoms with Crippen LogP contribution in [-0.2, 0) is 29.3 Å². The number of amides is 3. The summed E-state index contributed by atoms with van der Waals surface area (Å²) in [5, 5.41) is 0. The third-order valence-corrected chi connectivity index (χ3v) is 7.50. The Bertz CT molecular complexity index is 956. The number of carbonyl (C=O) groups excluding carboxylic acids is 4. The summed E-state index contributed by atoms with van der Waals surface area (Å²) in [7, 11) is 1.52. The summed E-state index contributed by atoms with van der Waals surface area (Å²) in [6.07, 6.45) is 5.45. The van der Waals surface area contributed by atoms with Gasteiger partial charge in [0.1, 0.15) is 11.8 Å². The molecule has 2 heterocycles. The molecule has 1 aliphatic carbocycles. The van der Waals surface area contributed by atoms with Crippen molar-refractivity contribution in [3.05, 3.63) is 29.8 Å². The average molecular weight is 471 g/mol. The number of rotatable bonds is 7. The normalized spacial score (nSPS) is 25.6. The van der Waals surface area contributed by atoms with Gasteiger partial charge >= 0.3 is 5.97 Å². The van der Waals surface area contributed by atoms with E-state index in [1.807, 2.05) is 0 Å². The van der Waals surface area contributed by atoms with E-state index >= 15 is 0 Å². The summed E-state index contributed by atoms with van der Waals surface area (Å²) in [5.41, 5.74) is -0.797. The second kappa shape index (κ2) is 10.2. The van der Waals surface area contributed by atoms with Crippen molar-refractivity contribution >= 4 is 23.7 Å². The van der Waals surface area contributed by atoms with Crippen molar-refractivity contribution in [2.24, 2.45) is 0 Å². The lowest BCUT2D eigenvalue weighted by atomic mass is 9.74. The molecule has 2 saturated heterocycles. The van der Waals surface area contributed by atoms with Gasteiger partial charge in [-0.25, -0.2) is 4.79 Å². The number of carbonyl (C=O) groups is 4. The van der Waals surface area contributed by atoms with Crippen LogP contribution in [0.15, 0.2) is 24.3 Å². The second-order valence-electron chi connectivity index (χ2n) is 9.49. The molecule has 2 atom stereocenters. The van der Waals surface area contributed by atoms with Crippen LogP contribution in [0.5, 0.6) is 5.75 Å². The molecular formula is C26H34N2O6. The van der Waals surface area contributed by atoms with Crippen LogP contribution in [0.2, 0.25) is 0 Å². The van der Waals surface area contributed by atoms with Crippen molar-refractivity contribution in [2.45, 2.75) is 82.2 Å². The van der Waals surface area contributed by atoms with E-state index in [4.69, 9.17) is 9.47 Å². The fourth-order valence-corrected chi connectivity index (χ4v) is 5.85. The van der Waals surface area contributed by atoms with Crippen molar-refractivity contribution in [3.63, 3.8) is 0 Å². The Kier molecular flexibility index (Phi) is 7.24. The fourth-order valence-electron chi connectivity index (χ4n) is 5.85. The van der Waals surface area contributed by atoms with Crippen LogP contribution in [0.3, 0.4) is 0 Å². The Morgan fingerprint density at radius 1 is 1.06 bits per heavy atom. The second-order valence-corrected chi connectivity index (χ2v) is 9.49. The number of piperidine rings is 1. The van der Waals surface area contributed by atoms with Crippen molar-refractivity contribution in [1.29, 1.82) is 0 Å². The maximum atomic E-state index is 14.0. The fraction of sp³-hybridized carbons (Fsp3) is 0.615. The molecule has 1 saturated carbocycles. The first-order valence-corrected chi connectivity index (χ1v) is 12.4. The van der Waals surface area contributed by atoms with E-state index in [1.54, 1.807) is 36.1 Å². The Labute approximate surface area is 200 Å². The van der Waals surface area contributed by atoms with Gasteiger partial charge in [-0.05, 0) is 45.1 Å². The Morgan fingerprint density at radius 3 is 2.47 bits per heavy atom. The largest absolute Gasteiger partial charge is 0.496 e. The molecule has 0 bridgehead atoms. The zero-order valence-electron chi connectivity index (χ0n) is 20.1. The highest BCUT2D eigenvalue weighted by atomic mass is 16.5. The summed E-state index contributed by atoms with van der Waals surface area (Å²) < 4.78 is 10.8. The van der Waals surface area contributed by atoms with E-state index in [0.717, 1.165) is 38.5 Å². The number of methoxy groups -OCH3 is 1. The number of benzene rings is 1. The number of likely N-dealkylation sites (tertiary alicyclic amines) is 2. The molecule has 4 rings (SSSR count). The average Bonchev–Trinajstić information content (AvgIpc) is 3.45. The van der Waals surface area contributed by atoms with Crippen molar-refractivity contribution in [1.82, 2.24) is 9.80 Å². The third-order valence-electron chi connectivity index (χ3n) is 7.50. The molecule has 8 nitrogen and oxygen atoms in total. The molecule has 0 spiro atoms. The maximum Gasteiger partial charge on any atom is 0.328 e. The molecule has 2 aliphatic heterocycles. The van der Waals surface area contributed by atoms with Gasteiger partial charge in [-0.2, -0.15) is 0 Å². The van der Waals surface area contributed by atoms with Gasteiger partial charge in [0, 0.05) is 31.0 Å². The van der Waals surface area contributed by atoms with Crippen LogP contribution < -0.4 is 4.74 Å². The van der Waals surface area contributed by atoms with Gasteiger partial charge in [-0.3, -0.25) is 19.3 Å². The highest BCUT2D eigenvalue weighted by Gasteiger charge is 2.57. The first-order valence-electron chi connectivity index (χ1n) is 12.4. The molecule has 34 heavy (non-hydrogen) atoms. The molecule has 0 unspecified atom stereocenters. The smallest absolute Gasteiger partial charge is 0.328 e. The minimum absolute atomic E-state index is 0.0770. The summed E-state index contributed by atoms with van der Waals surface area (Å²) in [4.78, 5) is 56.5. The van der Waals surface area contributed by atoms with Crippen LogP contribution in [-0.4, -0.2) is 65.8 Å². The van der Waals surface area contributed by atoms with Gasteiger partial charge in [-0.15, -0.1) is 0 Å². The minimum atomic E-state index is -1.35. The Hall–Kier alpha value is -2.90. The van der Waals surface area contributed by atoms with Crippen LogP contribution in [0.1, 0.15) is 70.3 Å². The Morgan fingerprint density at radius 2 is 1.76 bits per heavy atom. The van der Waals surface area contributed by atoms with Gasteiger partial charge in [0.25, 0.3) is 0 Å². The van der Waals surface area contributed by atoms with Gasteiger partial charge in [-0.1, -0.05) is 31.0 Å². The summed E-state index contributed by atoms with van der Waals surface area (Å²) in [6.45, 7) is 2.41. The maximum absolute atomic E-state index is 14.0. The molecular weight excluding hydrogens is 436 g/mol. The zero-order chi connectivity index (χ0) is 24.3. The standard InChI is InChI=1S/C26H34N2O6/c1-3-34-24(31)20-13-8-9-15-27(20)22(29)16-26(19-12-6-7-14-21(19)33-2)17-23(30)28(25(26)32)18-10-4-5-11-18/h6-7,12,14,18,20H,3-5,8-11,13,15-17H2,1-2H3/t20-,26-/m1/s1. The first kappa shape index (κ1) is 24.2. The number of hydrogen-bond acceptors (Lipinski definition) is 6. The lowest BCUT2D eigenvalue weighted by Crippen LogP contribution is -2.51. The van der Waals surface area contributed by atoms with E-state index < -0.39 is 17.4 Å². The number of para-hydroxylation sites is 1. The molecule has 184 valence electrons. The van der Waals surface area contributed by atoms with E-state index in [9.17, 15) is 19.2 Å². The van der Waals surface area contributed by atoms with Gasteiger partial charge in [0.2, 0.25) is 17.7 Å². The van der Waals surface area contributed by atoms with Crippen molar-refractivity contribution in [3.8, 4) is 5.75 Å². The molecule has 3 aliphatic rings. The van der Waals surface area contributed by atoms with Gasteiger partial charge in [0.05, 0.1) is 19.1 Å². The summed E-state index contributed by atoms with van der Waals surface area (Å²) in [6, 6.07) is 6.34. The van der Waals surface area contributed by atoms with Crippen LogP contribution in [0.25, 0.3) is 0 Å². The zero-order valence-corrected chi connectivity index (χ0v) is 20.1. The molecule has 0 N–H and O–H groups in total. The van der Waals surface area contributed by atoms with Gasteiger partial charge < -0.3 is 14.4 Å². The van der Waals surface area contributed by atoms with Gasteiger partial charge in [0.15, 0.2) is 0 Å². The predicted octanol–water partition coefficient (Wildman–Crippen LogP) is 2.97. The van der Waals surface area contributed by atoms with Crippen molar-refractivity contribution < 1.29 is 28.7 Å². The highest BCUT2D eigenvalue weighted by molar-refractivity contribution is 6.11. The van der Waals surface area contributed by atoms with E-state index in [0.29, 0.717) is 24.3 Å². The number of ether oxygens (including phenoxy) is 2. The van der Waals surface area contributed by atoms with Crippen molar-refractivity contribution in [2.75, 3.05) is 20.3 Å². The monoisotopic (exact) mass is 470 g/mol. The molecule has 1 aromatic rings. The minimum Gasteiger partial charge on any atom is -0.496 e. The van der Waals surface area contributed by atoms with Crippen LogP contribution in [0.4, 0.5) is 0 Å². The first-order chi connectivity index (χ1) is 16.4. The van der Waals surface area contributed by atoms with E-state index in [-0.39, 0.29) is 43.2 Å². The molecule has 3 fully saturated rings. The highest BCUT2D eigenvalue weighted by Crippen LogP contribution is 2.46. The van der Waals surface area contributed by atoms with E-state index in [1.165, 1.54) is 12.0 Å². The lowest BCUT2D eigenvalue weighted by molar-refractivity contribution is -0.157. The number of nitrogens with zero attached hydrogens (tertiary/aromatic N) is 2. The number of esters is 1. The summed E-state index contributed by atoms with van der Waals surface area (Å²) in [5.74, 6) is -0.810. The third kappa shape index (κ3) is 4.30. The number of hydrogen-bond donors (Lipinski definition) is 0.